The molecule has 5 nitrogen and oxygen atoms in total. The summed E-state index contributed by atoms with van der Waals surface area (Å²) in [5, 5.41) is 8.64. The van der Waals surface area contributed by atoms with Gasteiger partial charge in [0, 0.05) is 13.1 Å². The lowest BCUT2D eigenvalue weighted by Gasteiger charge is -2.31. The quantitative estimate of drug-likeness (QED) is 0.893. The third-order valence-corrected chi connectivity index (χ3v) is 5.91. The van der Waals surface area contributed by atoms with E-state index in [1.807, 2.05) is 0 Å². The third kappa shape index (κ3) is 3.82. The van der Waals surface area contributed by atoms with Gasteiger partial charge in [0.1, 0.15) is 0 Å². The highest BCUT2D eigenvalue weighted by Gasteiger charge is 2.28. The Labute approximate surface area is 126 Å². The summed E-state index contributed by atoms with van der Waals surface area (Å²) in [6.07, 6.45) is 3.02. The van der Waals surface area contributed by atoms with Crippen molar-refractivity contribution in [2.24, 2.45) is 11.7 Å². The van der Waals surface area contributed by atoms with Gasteiger partial charge in [-0.05, 0) is 49.4 Å². The van der Waals surface area contributed by atoms with Crippen LogP contribution in [0.15, 0.2) is 29.2 Å². The van der Waals surface area contributed by atoms with E-state index in [1.165, 1.54) is 0 Å². The lowest BCUT2D eigenvalue weighted by atomic mass is 9.95. The van der Waals surface area contributed by atoms with Crippen molar-refractivity contribution in [2.75, 3.05) is 19.6 Å². The molecule has 0 aliphatic carbocycles. The van der Waals surface area contributed by atoms with Crippen molar-refractivity contribution in [3.8, 4) is 6.07 Å². The largest absolute Gasteiger partial charge is 0.330 e. The van der Waals surface area contributed by atoms with E-state index in [4.69, 9.17) is 11.0 Å². The highest BCUT2D eigenvalue weighted by Crippen LogP contribution is 2.25. The van der Waals surface area contributed by atoms with Gasteiger partial charge in [0.25, 0.3) is 0 Å². The van der Waals surface area contributed by atoms with Crippen LogP contribution in [0, 0.1) is 17.2 Å². The smallest absolute Gasteiger partial charge is 0.243 e. The van der Waals surface area contributed by atoms with Gasteiger partial charge in [-0.1, -0.05) is 12.1 Å². The molecule has 1 aromatic carbocycles. The van der Waals surface area contributed by atoms with Crippen molar-refractivity contribution in [1.29, 1.82) is 5.26 Å². The highest BCUT2D eigenvalue weighted by molar-refractivity contribution is 7.89. The second kappa shape index (κ2) is 7.03. The van der Waals surface area contributed by atoms with E-state index in [-0.39, 0.29) is 0 Å². The number of nitrogens with zero attached hydrogens (tertiary/aromatic N) is 2. The lowest BCUT2D eigenvalue weighted by molar-refractivity contribution is 0.266. The standard InChI is InChI=1S/C15H21N3O2S/c16-9-5-13-1-3-15(4-2-13)21(19,20)18-11-7-14(6-10-17)8-12-18/h1-4,14H,5-8,10-12,17H2. The van der Waals surface area contributed by atoms with Crippen LogP contribution in [0.4, 0.5) is 0 Å². The van der Waals surface area contributed by atoms with Crippen LogP contribution < -0.4 is 5.73 Å². The fourth-order valence-corrected chi connectivity index (χ4v) is 4.16. The average Bonchev–Trinajstić information content (AvgIpc) is 2.49. The number of nitrogens with two attached hydrogens (primary N) is 1. The topological polar surface area (TPSA) is 87.2 Å². The molecule has 21 heavy (non-hydrogen) atoms. The van der Waals surface area contributed by atoms with Gasteiger partial charge in [-0.3, -0.25) is 0 Å². The molecule has 6 heteroatoms. The maximum absolute atomic E-state index is 12.6. The molecule has 0 radical (unpaired) electrons. The summed E-state index contributed by atoms with van der Waals surface area (Å²) in [4.78, 5) is 0.307. The summed E-state index contributed by atoms with van der Waals surface area (Å²) in [6, 6.07) is 8.65. The summed E-state index contributed by atoms with van der Waals surface area (Å²) < 4.78 is 26.7. The van der Waals surface area contributed by atoms with Crippen molar-refractivity contribution in [3.63, 3.8) is 0 Å². The van der Waals surface area contributed by atoms with E-state index < -0.39 is 10.0 Å². The molecule has 1 saturated heterocycles. The first-order valence-corrected chi connectivity index (χ1v) is 8.68. The molecule has 2 rings (SSSR count). The number of benzene rings is 1. The van der Waals surface area contributed by atoms with Crippen LogP contribution in [0.3, 0.4) is 0 Å². The first kappa shape index (κ1) is 16.0. The minimum atomic E-state index is -3.41. The summed E-state index contributed by atoms with van der Waals surface area (Å²) in [5.74, 6) is 0.541. The Morgan fingerprint density at radius 1 is 1.24 bits per heavy atom. The van der Waals surface area contributed by atoms with Gasteiger partial charge in [-0.25, -0.2) is 8.42 Å². The Morgan fingerprint density at radius 2 is 1.86 bits per heavy atom. The van der Waals surface area contributed by atoms with E-state index in [2.05, 4.69) is 6.07 Å². The summed E-state index contributed by atoms with van der Waals surface area (Å²) >= 11 is 0. The van der Waals surface area contributed by atoms with Gasteiger partial charge in [0.2, 0.25) is 10.0 Å². The third-order valence-electron chi connectivity index (χ3n) is 3.99. The zero-order valence-corrected chi connectivity index (χ0v) is 12.8. The average molecular weight is 307 g/mol. The van der Waals surface area contributed by atoms with E-state index >= 15 is 0 Å². The molecule has 1 aliphatic rings. The molecule has 0 bridgehead atoms. The van der Waals surface area contributed by atoms with Gasteiger partial charge in [0.15, 0.2) is 0 Å². The fourth-order valence-electron chi connectivity index (χ4n) is 2.69. The Kier molecular flexibility index (Phi) is 5.34. The molecule has 0 atom stereocenters. The van der Waals surface area contributed by atoms with Crippen LogP contribution in [0.5, 0.6) is 0 Å². The number of piperidine rings is 1. The molecule has 114 valence electrons. The molecule has 1 aliphatic heterocycles. The van der Waals surface area contributed by atoms with Crippen LogP contribution in [-0.2, 0) is 16.4 Å². The normalized spacial score (nSPS) is 17.5. The van der Waals surface area contributed by atoms with Crippen molar-refractivity contribution in [2.45, 2.75) is 30.6 Å². The van der Waals surface area contributed by atoms with Crippen molar-refractivity contribution in [1.82, 2.24) is 4.31 Å². The van der Waals surface area contributed by atoms with Crippen molar-refractivity contribution < 1.29 is 8.42 Å². The molecular weight excluding hydrogens is 286 g/mol. The zero-order valence-electron chi connectivity index (χ0n) is 12.0. The maximum atomic E-state index is 12.6. The summed E-state index contributed by atoms with van der Waals surface area (Å²) in [5.41, 5.74) is 6.39. The van der Waals surface area contributed by atoms with Gasteiger partial charge < -0.3 is 5.73 Å². The van der Waals surface area contributed by atoms with Crippen molar-refractivity contribution in [3.05, 3.63) is 29.8 Å². The summed E-state index contributed by atoms with van der Waals surface area (Å²) in [7, 11) is -3.41. The molecule has 0 spiro atoms. The predicted molar refractivity (Wildman–Crippen MR) is 80.9 cm³/mol. The van der Waals surface area contributed by atoms with E-state index in [0.717, 1.165) is 24.8 Å². The van der Waals surface area contributed by atoms with Gasteiger partial charge >= 0.3 is 0 Å². The molecule has 1 fully saturated rings. The van der Waals surface area contributed by atoms with Crippen LogP contribution >= 0.6 is 0 Å². The van der Waals surface area contributed by atoms with Gasteiger partial charge in [0.05, 0.1) is 17.4 Å². The second-order valence-electron chi connectivity index (χ2n) is 5.40. The highest BCUT2D eigenvalue weighted by atomic mass is 32.2. The van der Waals surface area contributed by atoms with Gasteiger partial charge in [-0.2, -0.15) is 9.57 Å². The second-order valence-corrected chi connectivity index (χ2v) is 7.34. The minimum absolute atomic E-state index is 0.296. The van der Waals surface area contributed by atoms with Crippen LogP contribution in [-0.4, -0.2) is 32.4 Å². The van der Waals surface area contributed by atoms with E-state index in [9.17, 15) is 8.42 Å². The minimum Gasteiger partial charge on any atom is -0.330 e. The van der Waals surface area contributed by atoms with Crippen LogP contribution in [0.25, 0.3) is 0 Å². The van der Waals surface area contributed by atoms with Crippen LogP contribution in [0.2, 0.25) is 0 Å². The molecule has 1 heterocycles. The molecule has 0 saturated carbocycles. The summed E-state index contributed by atoms with van der Waals surface area (Å²) in [6.45, 7) is 1.79. The Bertz CT molecular complexity index is 597. The number of hydrogen-bond acceptors (Lipinski definition) is 4. The zero-order chi connectivity index (χ0) is 15.3. The Morgan fingerprint density at radius 3 is 2.38 bits per heavy atom. The monoisotopic (exact) mass is 307 g/mol. The molecule has 1 aromatic rings. The van der Waals surface area contributed by atoms with Gasteiger partial charge in [-0.15, -0.1) is 0 Å². The lowest BCUT2D eigenvalue weighted by Crippen LogP contribution is -2.38. The van der Waals surface area contributed by atoms with Crippen molar-refractivity contribution >= 4 is 10.0 Å². The molecule has 0 amide bonds. The molecule has 2 N–H and O–H groups in total. The number of hydrogen-bond donors (Lipinski definition) is 1. The Balaban J connectivity index is 2.07. The maximum Gasteiger partial charge on any atom is 0.243 e. The predicted octanol–water partition coefficient (Wildman–Crippen LogP) is 1.50. The van der Waals surface area contributed by atoms with Crippen LogP contribution in [0.1, 0.15) is 24.8 Å². The fraction of sp³-hybridized carbons (Fsp3) is 0.533. The number of rotatable bonds is 5. The first-order valence-electron chi connectivity index (χ1n) is 7.24. The van der Waals surface area contributed by atoms with E-state index in [1.54, 1.807) is 28.6 Å². The molecule has 0 aromatic heterocycles. The van der Waals surface area contributed by atoms with E-state index in [0.29, 0.717) is 36.9 Å². The number of nitriles is 1. The Hall–Kier alpha value is -1.42. The molecule has 0 unspecified atom stereocenters. The SMILES string of the molecule is N#CCc1ccc(S(=O)(=O)N2CCC(CCN)CC2)cc1. The number of sulfonamides is 1. The first-order chi connectivity index (χ1) is 10.1. The molecular formula is C15H21N3O2S.